The van der Waals surface area contributed by atoms with Gasteiger partial charge >= 0.3 is 0 Å². The first-order valence-electron chi connectivity index (χ1n) is 9.53. The summed E-state index contributed by atoms with van der Waals surface area (Å²) in [5.74, 6) is 0.525. The van der Waals surface area contributed by atoms with Crippen LogP contribution in [0.4, 0.5) is 0 Å². The minimum Gasteiger partial charge on any atom is -0.339 e. The van der Waals surface area contributed by atoms with E-state index in [-0.39, 0.29) is 11.5 Å². The molecule has 2 aliphatic rings. The Balaban J connectivity index is 1.55. The summed E-state index contributed by atoms with van der Waals surface area (Å²) in [6, 6.07) is 0.372. The zero-order valence-corrected chi connectivity index (χ0v) is 17.0. The average molecular weight is 392 g/mol. The van der Waals surface area contributed by atoms with Crippen molar-refractivity contribution in [3.05, 3.63) is 20.8 Å². The first-order chi connectivity index (χ1) is 12.6. The maximum absolute atomic E-state index is 12.8. The number of carbonyl (C=O) groups is 1. The van der Waals surface area contributed by atoms with Crippen LogP contribution in [0.15, 0.2) is 9.95 Å². The van der Waals surface area contributed by atoms with E-state index in [2.05, 4.69) is 6.92 Å². The van der Waals surface area contributed by atoms with Gasteiger partial charge in [0.1, 0.15) is 4.83 Å². The van der Waals surface area contributed by atoms with Gasteiger partial charge in [0.15, 0.2) is 5.16 Å². The van der Waals surface area contributed by atoms with Crippen LogP contribution in [-0.4, -0.2) is 38.7 Å². The highest BCUT2D eigenvalue weighted by molar-refractivity contribution is 7.99. The molecule has 1 atom stereocenters. The molecule has 7 heteroatoms. The number of aryl methyl sites for hydroxylation is 2. The summed E-state index contributed by atoms with van der Waals surface area (Å²) in [4.78, 5) is 34.5. The Bertz CT molecular complexity index is 902. The van der Waals surface area contributed by atoms with Gasteiger partial charge in [0.2, 0.25) is 5.91 Å². The highest BCUT2D eigenvalue weighted by atomic mass is 32.2. The smallest absolute Gasteiger partial charge is 0.262 e. The quantitative estimate of drug-likeness (QED) is 0.592. The number of thiophene rings is 1. The first-order valence-corrected chi connectivity index (χ1v) is 11.3. The van der Waals surface area contributed by atoms with Crippen LogP contribution in [0, 0.1) is 0 Å². The summed E-state index contributed by atoms with van der Waals surface area (Å²) in [7, 11) is 1.77. The SMILES string of the molecule is CCC1CCCCN1C(=O)CSc1nc2sc3c(c2c(=O)n1C)CCC3. The third kappa shape index (κ3) is 3.09. The molecular weight excluding hydrogens is 366 g/mol. The van der Waals surface area contributed by atoms with Crippen molar-refractivity contribution in [1.82, 2.24) is 14.5 Å². The number of rotatable bonds is 4. The lowest BCUT2D eigenvalue weighted by atomic mass is 10.0. The van der Waals surface area contributed by atoms with Crippen molar-refractivity contribution >= 4 is 39.2 Å². The van der Waals surface area contributed by atoms with E-state index < -0.39 is 0 Å². The maximum Gasteiger partial charge on any atom is 0.262 e. The normalized spacial score (nSPS) is 19.9. The van der Waals surface area contributed by atoms with Crippen molar-refractivity contribution in [3.8, 4) is 0 Å². The number of likely N-dealkylation sites (tertiary alicyclic amines) is 1. The fourth-order valence-corrected chi connectivity index (χ4v) is 6.36. The predicted molar refractivity (Wildman–Crippen MR) is 107 cm³/mol. The number of thioether (sulfide) groups is 1. The Morgan fingerprint density at radius 2 is 2.15 bits per heavy atom. The topological polar surface area (TPSA) is 55.2 Å². The van der Waals surface area contributed by atoms with Crippen molar-refractivity contribution in [3.63, 3.8) is 0 Å². The van der Waals surface area contributed by atoms with Crippen LogP contribution in [0.3, 0.4) is 0 Å². The number of fused-ring (bicyclic) bond motifs is 3. The van der Waals surface area contributed by atoms with Gasteiger partial charge in [0.25, 0.3) is 5.56 Å². The molecule has 0 spiro atoms. The van der Waals surface area contributed by atoms with Crippen molar-refractivity contribution in [1.29, 1.82) is 0 Å². The zero-order chi connectivity index (χ0) is 18.3. The second-order valence-electron chi connectivity index (χ2n) is 7.23. The molecule has 2 aromatic rings. The minimum absolute atomic E-state index is 0.0359. The van der Waals surface area contributed by atoms with Crippen molar-refractivity contribution < 1.29 is 4.79 Å². The van der Waals surface area contributed by atoms with E-state index in [1.807, 2.05) is 4.90 Å². The molecule has 1 unspecified atom stereocenters. The maximum atomic E-state index is 12.8. The van der Waals surface area contributed by atoms with Crippen molar-refractivity contribution in [2.24, 2.45) is 7.05 Å². The monoisotopic (exact) mass is 391 g/mol. The van der Waals surface area contributed by atoms with Gasteiger partial charge in [-0.05, 0) is 50.5 Å². The van der Waals surface area contributed by atoms with Crippen LogP contribution in [0.5, 0.6) is 0 Å². The fourth-order valence-electron chi connectivity index (χ4n) is 4.20. The third-order valence-corrected chi connectivity index (χ3v) is 7.85. The number of carbonyl (C=O) groups excluding carboxylic acids is 1. The lowest BCUT2D eigenvalue weighted by Gasteiger charge is -2.35. The van der Waals surface area contributed by atoms with E-state index in [0.717, 1.165) is 55.3 Å². The number of hydrogen-bond donors (Lipinski definition) is 0. The summed E-state index contributed by atoms with van der Waals surface area (Å²) in [5.41, 5.74) is 1.25. The van der Waals surface area contributed by atoms with Crippen LogP contribution in [0.1, 0.15) is 49.5 Å². The van der Waals surface area contributed by atoms with Gasteiger partial charge in [0.05, 0.1) is 11.1 Å². The Labute approximate surface area is 161 Å². The molecule has 1 saturated heterocycles. The molecule has 1 aliphatic carbocycles. The van der Waals surface area contributed by atoms with Crippen LogP contribution in [0.25, 0.3) is 10.2 Å². The van der Waals surface area contributed by atoms with Crippen molar-refractivity contribution in [2.75, 3.05) is 12.3 Å². The second kappa shape index (κ2) is 7.35. The van der Waals surface area contributed by atoms with E-state index in [1.165, 1.54) is 28.6 Å². The molecule has 3 heterocycles. The molecule has 1 aliphatic heterocycles. The van der Waals surface area contributed by atoms with Gasteiger partial charge in [-0.2, -0.15) is 0 Å². The number of aromatic nitrogens is 2. The molecule has 2 aromatic heterocycles. The van der Waals surface area contributed by atoms with Gasteiger partial charge in [-0.25, -0.2) is 4.98 Å². The van der Waals surface area contributed by atoms with E-state index >= 15 is 0 Å². The Morgan fingerprint density at radius 1 is 1.31 bits per heavy atom. The molecule has 0 N–H and O–H groups in total. The predicted octanol–water partition coefficient (Wildman–Crippen LogP) is 3.37. The Hall–Kier alpha value is -1.34. The van der Waals surface area contributed by atoms with E-state index in [9.17, 15) is 9.59 Å². The summed E-state index contributed by atoms with van der Waals surface area (Å²) >= 11 is 3.06. The molecule has 4 rings (SSSR count). The molecule has 0 bridgehead atoms. The lowest BCUT2D eigenvalue weighted by Crippen LogP contribution is -2.44. The summed E-state index contributed by atoms with van der Waals surface area (Å²) < 4.78 is 1.62. The van der Waals surface area contributed by atoms with Crippen LogP contribution in [0.2, 0.25) is 0 Å². The van der Waals surface area contributed by atoms with Gasteiger partial charge in [-0.3, -0.25) is 14.2 Å². The van der Waals surface area contributed by atoms with E-state index in [0.29, 0.717) is 17.0 Å². The van der Waals surface area contributed by atoms with Gasteiger partial charge in [-0.1, -0.05) is 18.7 Å². The molecule has 1 fully saturated rings. The highest BCUT2D eigenvalue weighted by Gasteiger charge is 2.26. The van der Waals surface area contributed by atoms with E-state index in [1.54, 1.807) is 23.0 Å². The minimum atomic E-state index is 0.0359. The summed E-state index contributed by atoms with van der Waals surface area (Å²) in [5, 5.41) is 1.46. The molecule has 1 amide bonds. The fraction of sp³-hybridized carbons (Fsp3) is 0.632. The third-order valence-electron chi connectivity index (χ3n) is 5.65. The molecule has 5 nitrogen and oxygen atoms in total. The average Bonchev–Trinajstić information content (AvgIpc) is 3.23. The number of piperidine rings is 1. The molecule has 26 heavy (non-hydrogen) atoms. The Kier molecular flexibility index (Phi) is 5.10. The molecule has 0 aromatic carbocycles. The van der Waals surface area contributed by atoms with Gasteiger partial charge in [0, 0.05) is 24.5 Å². The number of amides is 1. The van der Waals surface area contributed by atoms with Crippen LogP contribution < -0.4 is 5.56 Å². The number of hydrogen-bond acceptors (Lipinski definition) is 5. The van der Waals surface area contributed by atoms with E-state index in [4.69, 9.17) is 4.98 Å². The lowest BCUT2D eigenvalue weighted by molar-refractivity contribution is -0.132. The largest absolute Gasteiger partial charge is 0.339 e. The summed E-state index contributed by atoms with van der Waals surface area (Å²) in [6.45, 7) is 3.01. The van der Waals surface area contributed by atoms with Gasteiger partial charge < -0.3 is 4.90 Å². The molecule has 140 valence electrons. The van der Waals surface area contributed by atoms with Gasteiger partial charge in [-0.15, -0.1) is 11.3 Å². The number of nitrogens with zero attached hydrogens (tertiary/aromatic N) is 3. The second-order valence-corrected chi connectivity index (χ2v) is 9.26. The molecule has 0 saturated carbocycles. The molecular formula is C19H25N3O2S2. The first kappa shape index (κ1) is 18.0. The summed E-state index contributed by atoms with van der Waals surface area (Å²) in [6.07, 6.45) is 7.62. The zero-order valence-electron chi connectivity index (χ0n) is 15.4. The Morgan fingerprint density at radius 3 is 2.96 bits per heavy atom. The van der Waals surface area contributed by atoms with Crippen molar-refractivity contribution in [2.45, 2.75) is 63.1 Å². The highest BCUT2D eigenvalue weighted by Crippen LogP contribution is 2.35. The van der Waals surface area contributed by atoms with Crippen LogP contribution in [-0.2, 0) is 24.7 Å². The molecule has 0 radical (unpaired) electrons. The standard InChI is InChI=1S/C19H25N3O2S2/c1-3-12-7-4-5-10-22(12)15(23)11-25-19-20-17-16(18(24)21(19)2)13-8-6-9-14(13)26-17/h12H,3-11H2,1-2H3. The van der Waals surface area contributed by atoms with Crippen LogP contribution >= 0.6 is 23.1 Å².